The lowest BCUT2D eigenvalue weighted by Gasteiger charge is -2.27. The minimum absolute atomic E-state index is 0.168. The highest BCUT2D eigenvalue weighted by molar-refractivity contribution is 5.95. The molecule has 1 saturated heterocycles. The Morgan fingerprint density at radius 3 is 2.49 bits per heavy atom. The number of amides is 2. The Bertz CT molecular complexity index is 1290. The quantitative estimate of drug-likeness (QED) is 0.604. The molecule has 9 nitrogen and oxygen atoms in total. The van der Waals surface area contributed by atoms with E-state index in [0.717, 1.165) is 56.8 Å². The number of hydrogen-bond donors (Lipinski definition) is 1. The van der Waals surface area contributed by atoms with Crippen molar-refractivity contribution in [3.8, 4) is 0 Å². The van der Waals surface area contributed by atoms with Crippen molar-refractivity contribution in [2.45, 2.75) is 63.8 Å². The molecule has 0 spiro atoms. The van der Waals surface area contributed by atoms with E-state index in [0.29, 0.717) is 18.7 Å². The van der Waals surface area contributed by atoms with Crippen LogP contribution in [0, 0.1) is 5.82 Å². The summed E-state index contributed by atoms with van der Waals surface area (Å²) in [7, 11) is 0. The number of rotatable bonds is 5. The van der Waals surface area contributed by atoms with Crippen molar-refractivity contribution in [3.05, 3.63) is 58.0 Å². The molecule has 0 bridgehead atoms. The Kier molecular flexibility index (Phi) is 6.61. The van der Waals surface area contributed by atoms with Crippen LogP contribution in [0.5, 0.6) is 0 Å². The maximum atomic E-state index is 13.5. The lowest BCUT2D eigenvalue weighted by molar-refractivity contribution is -0.116. The second-order valence-electron chi connectivity index (χ2n) is 9.39. The van der Waals surface area contributed by atoms with Crippen LogP contribution in [0.1, 0.15) is 73.5 Å². The van der Waals surface area contributed by atoms with E-state index in [1.165, 1.54) is 29.1 Å². The summed E-state index contributed by atoms with van der Waals surface area (Å²) in [5.41, 5.74) is 1.01. The topological polar surface area (TPSA) is 102 Å². The summed E-state index contributed by atoms with van der Waals surface area (Å²) in [5.74, 6) is -0.752. The fraction of sp³-hybridized carbons (Fsp3) is 0.480. The first kappa shape index (κ1) is 23.2. The third kappa shape index (κ3) is 4.96. The maximum Gasteiger partial charge on any atom is 0.275 e. The minimum atomic E-state index is -0.506. The summed E-state index contributed by atoms with van der Waals surface area (Å²) in [6, 6.07) is 5.70. The number of carbonyl (C=O) groups excluding carboxylic acids is 2. The smallest absolute Gasteiger partial charge is 0.275 e. The van der Waals surface area contributed by atoms with Gasteiger partial charge in [-0.1, -0.05) is 19.3 Å². The van der Waals surface area contributed by atoms with Crippen molar-refractivity contribution in [3.63, 3.8) is 0 Å². The summed E-state index contributed by atoms with van der Waals surface area (Å²) in [6.45, 7) is 1.03. The van der Waals surface area contributed by atoms with Gasteiger partial charge in [0.25, 0.3) is 11.5 Å². The molecule has 3 aromatic rings. The standard InChI is InChI=1S/C25H29FN6O3/c26-18-9-10-21(27-15-18)28-22(33)16-31-20(25(35)30-11-5-2-6-12-30)14-24(34)32-23(31)13-19(29-32)17-7-3-1-4-8-17/h9-10,13-15,17H,1-8,11-12,16H2,(H,27,28,33). The highest BCUT2D eigenvalue weighted by Gasteiger charge is 2.26. The molecule has 1 saturated carbocycles. The molecule has 5 rings (SSSR count). The zero-order valence-corrected chi connectivity index (χ0v) is 19.6. The molecule has 35 heavy (non-hydrogen) atoms. The Labute approximate surface area is 202 Å². The fourth-order valence-corrected chi connectivity index (χ4v) is 5.10. The van der Waals surface area contributed by atoms with Crippen LogP contribution in [-0.4, -0.2) is 49.0 Å². The van der Waals surface area contributed by atoms with E-state index in [2.05, 4.69) is 15.4 Å². The first-order chi connectivity index (χ1) is 17.0. The molecular weight excluding hydrogens is 451 g/mol. The number of fused-ring (bicyclic) bond motifs is 1. The highest BCUT2D eigenvalue weighted by Crippen LogP contribution is 2.32. The van der Waals surface area contributed by atoms with Gasteiger partial charge in [0.1, 0.15) is 29.5 Å². The molecule has 1 aliphatic carbocycles. The van der Waals surface area contributed by atoms with Crippen molar-refractivity contribution in [2.75, 3.05) is 18.4 Å². The number of nitrogens with one attached hydrogen (secondary N) is 1. The number of halogens is 1. The summed E-state index contributed by atoms with van der Waals surface area (Å²) in [5, 5.41) is 7.23. The third-order valence-electron chi connectivity index (χ3n) is 6.93. The number of anilines is 1. The Morgan fingerprint density at radius 2 is 1.77 bits per heavy atom. The van der Waals surface area contributed by atoms with E-state index >= 15 is 0 Å². The van der Waals surface area contributed by atoms with Crippen LogP contribution in [0.3, 0.4) is 0 Å². The molecule has 2 aliphatic rings. The fourth-order valence-electron chi connectivity index (χ4n) is 5.10. The molecule has 184 valence electrons. The van der Waals surface area contributed by atoms with Crippen LogP contribution in [0.4, 0.5) is 10.2 Å². The molecule has 1 aliphatic heterocycles. The maximum absolute atomic E-state index is 13.5. The van der Waals surface area contributed by atoms with E-state index in [-0.39, 0.29) is 35.4 Å². The number of likely N-dealkylation sites (tertiary alicyclic amines) is 1. The molecule has 2 fully saturated rings. The number of pyridine rings is 1. The van der Waals surface area contributed by atoms with Crippen LogP contribution in [0.15, 0.2) is 35.3 Å². The number of carbonyl (C=O) groups is 2. The highest BCUT2D eigenvalue weighted by atomic mass is 19.1. The molecule has 10 heteroatoms. The van der Waals surface area contributed by atoms with E-state index in [9.17, 15) is 18.8 Å². The van der Waals surface area contributed by atoms with Gasteiger partial charge in [-0.05, 0) is 44.2 Å². The van der Waals surface area contributed by atoms with Gasteiger partial charge >= 0.3 is 0 Å². The molecular formula is C25H29FN6O3. The largest absolute Gasteiger partial charge is 0.337 e. The molecule has 3 aromatic heterocycles. The van der Waals surface area contributed by atoms with E-state index in [4.69, 9.17) is 0 Å². The molecule has 4 heterocycles. The van der Waals surface area contributed by atoms with Crippen molar-refractivity contribution < 1.29 is 14.0 Å². The van der Waals surface area contributed by atoms with Crippen molar-refractivity contribution in [1.29, 1.82) is 0 Å². The van der Waals surface area contributed by atoms with Gasteiger partial charge in [0.05, 0.1) is 11.9 Å². The van der Waals surface area contributed by atoms with Gasteiger partial charge < -0.3 is 14.8 Å². The van der Waals surface area contributed by atoms with Crippen molar-refractivity contribution in [1.82, 2.24) is 24.1 Å². The number of piperidine rings is 1. The molecule has 0 atom stereocenters. The van der Waals surface area contributed by atoms with Crippen LogP contribution in [-0.2, 0) is 11.3 Å². The number of nitrogens with zero attached hydrogens (tertiary/aromatic N) is 5. The van der Waals surface area contributed by atoms with E-state index in [1.807, 2.05) is 6.07 Å². The van der Waals surface area contributed by atoms with Gasteiger partial charge in [-0.25, -0.2) is 9.37 Å². The Balaban J connectivity index is 1.53. The summed E-state index contributed by atoms with van der Waals surface area (Å²) < 4.78 is 16.1. The summed E-state index contributed by atoms with van der Waals surface area (Å²) in [4.78, 5) is 45.0. The molecule has 2 amide bonds. The van der Waals surface area contributed by atoms with E-state index in [1.54, 1.807) is 9.47 Å². The van der Waals surface area contributed by atoms with Crippen molar-refractivity contribution >= 4 is 23.3 Å². The van der Waals surface area contributed by atoms with Gasteiger partial charge in [-0.2, -0.15) is 9.61 Å². The molecule has 1 N–H and O–H groups in total. The van der Waals surface area contributed by atoms with Gasteiger partial charge in [0.2, 0.25) is 5.91 Å². The van der Waals surface area contributed by atoms with Gasteiger partial charge in [0, 0.05) is 31.1 Å². The second kappa shape index (κ2) is 9.97. The predicted molar refractivity (Wildman–Crippen MR) is 128 cm³/mol. The van der Waals surface area contributed by atoms with E-state index < -0.39 is 11.7 Å². The predicted octanol–water partition coefficient (Wildman–Crippen LogP) is 3.34. The van der Waals surface area contributed by atoms with Crippen LogP contribution in [0.2, 0.25) is 0 Å². The molecule has 0 aromatic carbocycles. The summed E-state index contributed by atoms with van der Waals surface area (Å²) in [6.07, 6.45) is 9.36. The van der Waals surface area contributed by atoms with Gasteiger partial charge in [-0.3, -0.25) is 14.4 Å². The van der Waals surface area contributed by atoms with Crippen LogP contribution in [0.25, 0.3) is 5.65 Å². The van der Waals surface area contributed by atoms with Crippen LogP contribution >= 0.6 is 0 Å². The molecule has 0 radical (unpaired) electrons. The first-order valence-electron chi connectivity index (χ1n) is 12.3. The second-order valence-corrected chi connectivity index (χ2v) is 9.39. The first-order valence-corrected chi connectivity index (χ1v) is 12.3. The zero-order chi connectivity index (χ0) is 24.4. The minimum Gasteiger partial charge on any atom is -0.337 e. The molecule has 0 unspecified atom stereocenters. The van der Waals surface area contributed by atoms with Crippen molar-refractivity contribution in [2.24, 2.45) is 0 Å². The Morgan fingerprint density at radius 1 is 1.03 bits per heavy atom. The monoisotopic (exact) mass is 480 g/mol. The van der Waals surface area contributed by atoms with Gasteiger partial charge in [-0.15, -0.1) is 0 Å². The number of hydrogen-bond acceptors (Lipinski definition) is 5. The SMILES string of the molecule is O=C(Cn1c(C(=O)N2CCCCC2)cc(=O)n2nc(C3CCCCC3)cc12)Nc1ccc(F)cn1. The average molecular weight is 481 g/mol. The normalized spacial score (nSPS) is 17.0. The lowest BCUT2D eigenvalue weighted by atomic mass is 9.87. The average Bonchev–Trinajstić information content (AvgIpc) is 3.34. The zero-order valence-electron chi connectivity index (χ0n) is 19.6. The Hall–Kier alpha value is -3.56. The summed E-state index contributed by atoms with van der Waals surface area (Å²) >= 11 is 0. The van der Waals surface area contributed by atoms with Gasteiger partial charge in [0.15, 0.2) is 0 Å². The lowest BCUT2D eigenvalue weighted by Crippen LogP contribution is -2.39. The van der Waals surface area contributed by atoms with Crippen LogP contribution < -0.4 is 10.9 Å². The third-order valence-corrected chi connectivity index (χ3v) is 6.93. The number of aromatic nitrogens is 4.